The second-order valence-electron chi connectivity index (χ2n) is 9.01. The molecular weight excluding hydrogens is 424 g/mol. The SMILES string of the molecule is COC(=O)c1c(O)ccc(CC=C(C)C)c1C(=O)c1cc(C)cc2c1OC(C(C)(C)O)CO2. The lowest BCUT2D eigenvalue weighted by Crippen LogP contribution is -2.46. The molecule has 0 spiro atoms. The second kappa shape index (κ2) is 9.27. The summed E-state index contributed by atoms with van der Waals surface area (Å²) in [6.45, 7) is 9.01. The Morgan fingerprint density at radius 3 is 2.52 bits per heavy atom. The van der Waals surface area contributed by atoms with Crippen LogP contribution in [0.15, 0.2) is 35.9 Å². The zero-order chi connectivity index (χ0) is 24.5. The number of ether oxygens (including phenoxy) is 3. The van der Waals surface area contributed by atoms with Crippen molar-refractivity contribution in [2.24, 2.45) is 0 Å². The summed E-state index contributed by atoms with van der Waals surface area (Å²) in [5, 5.41) is 20.9. The number of aromatic hydroxyl groups is 1. The lowest BCUT2D eigenvalue weighted by atomic mass is 9.89. The summed E-state index contributed by atoms with van der Waals surface area (Å²) in [6.07, 6.45) is 1.61. The highest BCUT2D eigenvalue weighted by atomic mass is 16.6. The van der Waals surface area contributed by atoms with Gasteiger partial charge in [-0.05, 0) is 70.4 Å². The fraction of sp³-hybridized carbons (Fsp3) is 0.385. The molecule has 1 atom stereocenters. The molecule has 2 N–H and O–H groups in total. The molecule has 176 valence electrons. The molecule has 0 saturated heterocycles. The van der Waals surface area contributed by atoms with Crippen molar-refractivity contribution >= 4 is 11.8 Å². The normalized spacial score (nSPS) is 15.1. The van der Waals surface area contributed by atoms with Crippen LogP contribution in [0, 0.1) is 6.92 Å². The Labute approximate surface area is 193 Å². The number of aryl methyl sites for hydroxylation is 1. The van der Waals surface area contributed by atoms with E-state index >= 15 is 0 Å². The molecule has 0 amide bonds. The van der Waals surface area contributed by atoms with Gasteiger partial charge in [0.1, 0.15) is 17.9 Å². The maximum atomic E-state index is 13.9. The zero-order valence-corrected chi connectivity index (χ0v) is 19.8. The van der Waals surface area contributed by atoms with Crippen LogP contribution in [-0.4, -0.2) is 47.4 Å². The van der Waals surface area contributed by atoms with Gasteiger partial charge in [0.05, 0.1) is 18.3 Å². The fourth-order valence-corrected chi connectivity index (χ4v) is 3.65. The molecule has 1 aliphatic rings. The van der Waals surface area contributed by atoms with Crippen LogP contribution in [0.25, 0.3) is 0 Å². The number of methoxy groups -OCH3 is 1. The molecule has 0 aliphatic carbocycles. The van der Waals surface area contributed by atoms with Gasteiger partial charge in [-0.25, -0.2) is 4.79 Å². The highest BCUT2D eigenvalue weighted by Gasteiger charge is 2.37. The zero-order valence-electron chi connectivity index (χ0n) is 19.8. The van der Waals surface area contributed by atoms with Gasteiger partial charge in [0, 0.05) is 5.56 Å². The Morgan fingerprint density at radius 1 is 1.21 bits per heavy atom. The van der Waals surface area contributed by atoms with Crippen LogP contribution < -0.4 is 9.47 Å². The minimum atomic E-state index is -1.21. The third-order valence-electron chi connectivity index (χ3n) is 5.50. The number of carbonyl (C=O) groups excluding carboxylic acids is 2. The number of esters is 1. The molecule has 7 nitrogen and oxygen atoms in total. The molecular formula is C26H30O7. The van der Waals surface area contributed by atoms with Crippen molar-refractivity contribution in [3.05, 3.63) is 63.7 Å². The molecule has 2 aromatic carbocycles. The molecule has 1 unspecified atom stereocenters. The molecule has 2 aromatic rings. The van der Waals surface area contributed by atoms with Crippen LogP contribution in [-0.2, 0) is 11.2 Å². The van der Waals surface area contributed by atoms with Gasteiger partial charge < -0.3 is 24.4 Å². The minimum Gasteiger partial charge on any atom is -0.507 e. The average Bonchev–Trinajstić information content (AvgIpc) is 2.75. The molecule has 0 bridgehead atoms. The molecule has 33 heavy (non-hydrogen) atoms. The molecule has 1 aliphatic heterocycles. The summed E-state index contributed by atoms with van der Waals surface area (Å²) >= 11 is 0. The molecule has 1 heterocycles. The first kappa shape index (κ1) is 24.3. The summed E-state index contributed by atoms with van der Waals surface area (Å²) in [5.74, 6) is -1.11. The minimum absolute atomic E-state index is 0.0427. The van der Waals surface area contributed by atoms with Gasteiger partial charge in [-0.15, -0.1) is 0 Å². The van der Waals surface area contributed by atoms with Crippen molar-refractivity contribution in [1.29, 1.82) is 0 Å². The van der Waals surface area contributed by atoms with Crippen molar-refractivity contribution in [2.45, 2.75) is 52.7 Å². The maximum Gasteiger partial charge on any atom is 0.342 e. The maximum absolute atomic E-state index is 13.9. The summed E-state index contributed by atoms with van der Waals surface area (Å²) in [5.41, 5.74) is 1.17. The molecule has 0 fully saturated rings. The van der Waals surface area contributed by atoms with E-state index in [0.717, 1.165) is 11.1 Å². The Bertz CT molecular complexity index is 1120. The molecule has 7 heteroatoms. The monoisotopic (exact) mass is 454 g/mol. The van der Waals surface area contributed by atoms with E-state index in [4.69, 9.17) is 14.2 Å². The van der Waals surface area contributed by atoms with Gasteiger partial charge in [0.25, 0.3) is 0 Å². The van der Waals surface area contributed by atoms with Gasteiger partial charge in [-0.3, -0.25) is 4.79 Å². The smallest absolute Gasteiger partial charge is 0.342 e. The van der Waals surface area contributed by atoms with Crippen molar-refractivity contribution < 1.29 is 34.0 Å². The van der Waals surface area contributed by atoms with Gasteiger partial charge >= 0.3 is 5.97 Å². The highest BCUT2D eigenvalue weighted by Crippen LogP contribution is 2.40. The number of benzene rings is 2. The van der Waals surface area contributed by atoms with Crippen LogP contribution in [0.3, 0.4) is 0 Å². The molecule has 0 saturated carbocycles. The number of hydrogen-bond acceptors (Lipinski definition) is 7. The average molecular weight is 455 g/mol. The van der Waals surface area contributed by atoms with Crippen LogP contribution in [0.4, 0.5) is 0 Å². The Morgan fingerprint density at radius 2 is 1.91 bits per heavy atom. The van der Waals surface area contributed by atoms with Crippen molar-refractivity contribution in [2.75, 3.05) is 13.7 Å². The highest BCUT2D eigenvalue weighted by molar-refractivity contribution is 6.17. The lowest BCUT2D eigenvalue weighted by molar-refractivity contribution is -0.0655. The fourth-order valence-electron chi connectivity index (χ4n) is 3.65. The van der Waals surface area contributed by atoms with Crippen LogP contribution >= 0.6 is 0 Å². The Kier molecular flexibility index (Phi) is 6.84. The number of phenolic OH excluding ortho intramolecular Hbond substituents is 1. The van der Waals surface area contributed by atoms with Gasteiger partial charge in [0.15, 0.2) is 23.4 Å². The summed E-state index contributed by atoms with van der Waals surface area (Å²) in [7, 11) is 1.19. The first-order valence-electron chi connectivity index (χ1n) is 10.7. The predicted molar refractivity (Wildman–Crippen MR) is 123 cm³/mol. The van der Waals surface area contributed by atoms with Gasteiger partial charge in [0.2, 0.25) is 0 Å². The first-order chi connectivity index (χ1) is 15.4. The number of phenols is 1. The van der Waals surface area contributed by atoms with Crippen LogP contribution in [0.2, 0.25) is 0 Å². The largest absolute Gasteiger partial charge is 0.507 e. The predicted octanol–water partition coefficient (Wildman–Crippen LogP) is 4.14. The lowest BCUT2D eigenvalue weighted by Gasteiger charge is -2.35. The number of carbonyl (C=O) groups is 2. The van der Waals surface area contributed by atoms with Crippen LogP contribution in [0.5, 0.6) is 17.2 Å². The van der Waals surface area contributed by atoms with E-state index in [0.29, 0.717) is 17.7 Å². The topological polar surface area (TPSA) is 102 Å². The Balaban J connectivity index is 2.24. The van der Waals surface area contributed by atoms with E-state index < -0.39 is 23.5 Å². The Hall–Kier alpha value is -3.32. The summed E-state index contributed by atoms with van der Waals surface area (Å²) in [4.78, 5) is 26.5. The molecule has 3 rings (SSSR count). The number of rotatable bonds is 6. The standard InChI is InChI=1S/C26H30O7/c1-14(2)7-8-16-9-10-18(27)22(25(29)31-6)21(16)23(28)17-11-15(3)12-19-24(17)33-20(13-32-19)26(4,5)30/h7,9-12,20,27,30H,8,13H2,1-6H3. The van der Waals surface area contributed by atoms with Gasteiger partial charge in [-0.1, -0.05) is 17.7 Å². The van der Waals surface area contributed by atoms with Crippen molar-refractivity contribution in [3.8, 4) is 17.2 Å². The summed E-state index contributed by atoms with van der Waals surface area (Å²) in [6, 6.07) is 6.40. The van der Waals surface area contributed by atoms with Crippen molar-refractivity contribution in [1.82, 2.24) is 0 Å². The number of fused-ring (bicyclic) bond motifs is 1. The quantitative estimate of drug-likeness (QED) is 0.384. The van der Waals surface area contributed by atoms with Crippen LogP contribution in [0.1, 0.15) is 65.1 Å². The molecule has 0 radical (unpaired) electrons. The van der Waals surface area contributed by atoms with E-state index in [2.05, 4.69) is 0 Å². The number of hydrogen-bond donors (Lipinski definition) is 2. The second-order valence-corrected chi connectivity index (χ2v) is 9.01. The number of allylic oxidation sites excluding steroid dienone is 2. The van der Waals surface area contributed by atoms with Crippen molar-refractivity contribution in [3.63, 3.8) is 0 Å². The first-order valence-corrected chi connectivity index (χ1v) is 10.7. The number of aliphatic hydroxyl groups is 1. The third-order valence-corrected chi connectivity index (χ3v) is 5.50. The van der Waals surface area contributed by atoms with E-state index in [-0.39, 0.29) is 34.8 Å². The summed E-state index contributed by atoms with van der Waals surface area (Å²) < 4.78 is 16.7. The van der Waals surface area contributed by atoms with E-state index in [9.17, 15) is 19.8 Å². The number of ketones is 1. The van der Waals surface area contributed by atoms with Gasteiger partial charge in [-0.2, -0.15) is 0 Å². The van der Waals surface area contributed by atoms with E-state index in [1.807, 2.05) is 26.8 Å². The van der Waals surface area contributed by atoms with E-state index in [1.54, 1.807) is 32.0 Å². The third kappa shape index (κ3) is 5.03. The van der Waals surface area contributed by atoms with E-state index in [1.165, 1.54) is 13.2 Å². The molecule has 0 aromatic heterocycles.